The molecule has 1 atom stereocenters. The maximum atomic E-state index is 4.29. The van der Waals surface area contributed by atoms with Crippen molar-refractivity contribution < 1.29 is 0 Å². The molecule has 0 aliphatic carbocycles. The summed E-state index contributed by atoms with van der Waals surface area (Å²) in [5.74, 6) is 1.30. The highest BCUT2D eigenvalue weighted by Gasteiger charge is 2.13. The quantitative estimate of drug-likeness (QED) is 0.487. The maximum Gasteiger partial charge on any atom is 0.0700 e. The van der Waals surface area contributed by atoms with E-state index in [4.69, 9.17) is 0 Å². The van der Waals surface area contributed by atoms with Gasteiger partial charge in [-0.3, -0.25) is 4.99 Å². The third-order valence-electron chi connectivity index (χ3n) is 1.96. The molecule has 0 saturated heterocycles. The molecule has 0 fully saturated rings. The highest BCUT2D eigenvalue weighted by atomic mass is 32.2. The lowest BCUT2D eigenvalue weighted by Gasteiger charge is -2.17. The Morgan fingerprint density at radius 1 is 1.08 bits per heavy atom. The zero-order valence-electron chi connectivity index (χ0n) is 9.09. The Bertz CT molecular complexity index is 150. The Labute approximate surface area is 81.0 Å². The van der Waals surface area contributed by atoms with Crippen LogP contribution >= 0.6 is 11.8 Å². The largest absolute Gasteiger partial charge is 0.286 e. The molecule has 1 nitrogen and oxygen atoms in total. The zero-order chi connectivity index (χ0) is 9.72. The molecule has 0 radical (unpaired) electrons. The summed E-state index contributed by atoms with van der Waals surface area (Å²) < 4.78 is 0. The van der Waals surface area contributed by atoms with E-state index in [0.717, 1.165) is 5.92 Å². The molecule has 0 aromatic carbocycles. The second-order valence-corrected chi connectivity index (χ2v) is 5.18. The van der Waals surface area contributed by atoms with Crippen LogP contribution in [-0.4, -0.2) is 17.3 Å². The van der Waals surface area contributed by atoms with Gasteiger partial charge < -0.3 is 0 Å². The van der Waals surface area contributed by atoms with E-state index in [1.807, 2.05) is 18.8 Å². The van der Waals surface area contributed by atoms with E-state index in [-0.39, 0.29) is 0 Å². The molecule has 0 aromatic rings. The molecule has 0 aromatic heterocycles. The van der Waals surface area contributed by atoms with E-state index in [1.54, 1.807) is 0 Å². The lowest BCUT2D eigenvalue weighted by Crippen LogP contribution is -2.13. The van der Waals surface area contributed by atoms with Gasteiger partial charge in [-0.1, -0.05) is 34.6 Å². The van der Waals surface area contributed by atoms with E-state index in [0.29, 0.717) is 11.2 Å². The summed E-state index contributed by atoms with van der Waals surface area (Å²) in [6.07, 6.45) is 0. The molecule has 0 rings (SSSR count). The lowest BCUT2D eigenvalue weighted by molar-refractivity contribution is 0.644. The summed E-state index contributed by atoms with van der Waals surface area (Å²) in [5.41, 5.74) is 0. The summed E-state index contributed by atoms with van der Waals surface area (Å²) in [6.45, 7) is 11.2. The number of hydrogen-bond donors (Lipinski definition) is 0. The van der Waals surface area contributed by atoms with Crippen LogP contribution in [0.25, 0.3) is 0 Å². The summed E-state index contributed by atoms with van der Waals surface area (Å²) in [7, 11) is 1.88. The molecule has 0 amide bonds. The minimum Gasteiger partial charge on any atom is -0.286 e. The molecule has 0 aliphatic rings. The molecule has 0 aliphatic heterocycles. The van der Waals surface area contributed by atoms with Crippen LogP contribution in [0.5, 0.6) is 0 Å². The summed E-state index contributed by atoms with van der Waals surface area (Å²) in [4.78, 5) is 4.29. The van der Waals surface area contributed by atoms with Crippen molar-refractivity contribution in [1.82, 2.24) is 0 Å². The fraction of sp³-hybridized carbons (Fsp3) is 0.900. The van der Waals surface area contributed by atoms with Gasteiger partial charge >= 0.3 is 0 Å². The molecule has 0 saturated carbocycles. The van der Waals surface area contributed by atoms with Crippen molar-refractivity contribution in [2.45, 2.75) is 39.9 Å². The average Bonchev–Trinajstić information content (AvgIpc) is 1.98. The van der Waals surface area contributed by atoms with Crippen molar-refractivity contribution in [2.24, 2.45) is 16.8 Å². The highest BCUT2D eigenvalue weighted by molar-refractivity contribution is 8.14. The average molecular weight is 187 g/mol. The predicted molar refractivity (Wildman–Crippen MR) is 60.1 cm³/mol. The van der Waals surface area contributed by atoms with Gasteiger partial charge in [0.1, 0.15) is 0 Å². The topological polar surface area (TPSA) is 12.4 Å². The predicted octanol–water partition coefficient (Wildman–Crippen LogP) is 3.45. The molecule has 1 unspecified atom stereocenters. The summed E-state index contributed by atoms with van der Waals surface area (Å²) >= 11 is 1.91. The normalized spacial score (nSPS) is 15.8. The first-order chi connectivity index (χ1) is 5.49. The Balaban J connectivity index is 4.05. The first kappa shape index (κ1) is 12.0. The minimum atomic E-state index is 0.571. The molecule has 2 heteroatoms. The molecule has 0 spiro atoms. The molecular weight excluding hydrogens is 166 g/mol. The molecular formula is C10H21NS. The van der Waals surface area contributed by atoms with Crippen molar-refractivity contribution in [3.05, 3.63) is 0 Å². The number of rotatable bonds is 3. The van der Waals surface area contributed by atoms with Gasteiger partial charge in [-0.2, -0.15) is 0 Å². The molecule has 0 bridgehead atoms. The fourth-order valence-corrected chi connectivity index (χ4v) is 1.80. The third-order valence-corrected chi connectivity index (χ3v) is 3.77. The van der Waals surface area contributed by atoms with Crippen LogP contribution in [-0.2, 0) is 0 Å². The van der Waals surface area contributed by atoms with E-state index in [2.05, 4.69) is 39.6 Å². The van der Waals surface area contributed by atoms with Gasteiger partial charge in [-0.25, -0.2) is 0 Å². The fourth-order valence-electron chi connectivity index (χ4n) is 0.774. The Hall–Kier alpha value is 0.0200. The molecule has 72 valence electrons. The number of nitrogens with zero attached hydrogens (tertiary/aromatic N) is 1. The van der Waals surface area contributed by atoms with Crippen LogP contribution in [0.2, 0.25) is 0 Å². The Morgan fingerprint density at radius 2 is 1.58 bits per heavy atom. The summed E-state index contributed by atoms with van der Waals surface area (Å²) in [5, 5.41) is 1.95. The first-order valence-electron chi connectivity index (χ1n) is 4.62. The minimum absolute atomic E-state index is 0.571. The Kier molecular flexibility index (Phi) is 5.64. The Morgan fingerprint density at radius 3 is 1.83 bits per heavy atom. The van der Waals surface area contributed by atoms with Gasteiger partial charge in [0.2, 0.25) is 0 Å². The van der Waals surface area contributed by atoms with Gasteiger partial charge in [0.15, 0.2) is 0 Å². The second-order valence-electron chi connectivity index (χ2n) is 3.78. The molecule has 0 heterocycles. The zero-order valence-corrected chi connectivity index (χ0v) is 9.90. The third kappa shape index (κ3) is 4.15. The first-order valence-corrected chi connectivity index (χ1v) is 5.50. The summed E-state index contributed by atoms with van der Waals surface area (Å²) in [6, 6.07) is 0. The molecule has 12 heavy (non-hydrogen) atoms. The van der Waals surface area contributed by atoms with Gasteiger partial charge in [0.25, 0.3) is 0 Å². The van der Waals surface area contributed by atoms with Crippen LogP contribution in [0.4, 0.5) is 0 Å². The molecule has 0 N–H and O–H groups in total. The standard InChI is InChI=1S/C10H21NS/c1-7(2)9(5)12-10(11-6)8(3)4/h7-9H,1-6H3. The van der Waals surface area contributed by atoms with Crippen molar-refractivity contribution in [3.63, 3.8) is 0 Å². The van der Waals surface area contributed by atoms with Gasteiger partial charge in [0.05, 0.1) is 5.04 Å². The van der Waals surface area contributed by atoms with Crippen LogP contribution in [0, 0.1) is 11.8 Å². The van der Waals surface area contributed by atoms with E-state index < -0.39 is 0 Å². The number of hydrogen-bond acceptors (Lipinski definition) is 2. The number of thioether (sulfide) groups is 1. The monoisotopic (exact) mass is 187 g/mol. The van der Waals surface area contributed by atoms with Crippen LogP contribution < -0.4 is 0 Å². The van der Waals surface area contributed by atoms with Crippen molar-refractivity contribution in [2.75, 3.05) is 7.05 Å². The van der Waals surface area contributed by atoms with Crippen molar-refractivity contribution >= 4 is 16.8 Å². The maximum absolute atomic E-state index is 4.29. The van der Waals surface area contributed by atoms with Gasteiger partial charge in [0, 0.05) is 18.2 Å². The van der Waals surface area contributed by atoms with E-state index in [1.165, 1.54) is 5.04 Å². The van der Waals surface area contributed by atoms with E-state index in [9.17, 15) is 0 Å². The van der Waals surface area contributed by atoms with E-state index >= 15 is 0 Å². The van der Waals surface area contributed by atoms with Crippen molar-refractivity contribution in [1.29, 1.82) is 0 Å². The van der Waals surface area contributed by atoms with Crippen molar-refractivity contribution in [3.8, 4) is 0 Å². The smallest absolute Gasteiger partial charge is 0.0700 e. The SMILES string of the molecule is CN=C(SC(C)C(C)C)C(C)C. The number of aliphatic imine (C=N–C) groups is 1. The van der Waals surface area contributed by atoms with Crippen LogP contribution in [0.15, 0.2) is 4.99 Å². The van der Waals surface area contributed by atoms with Crippen LogP contribution in [0.3, 0.4) is 0 Å². The second kappa shape index (κ2) is 5.63. The van der Waals surface area contributed by atoms with Crippen LogP contribution in [0.1, 0.15) is 34.6 Å². The lowest BCUT2D eigenvalue weighted by atomic mass is 10.2. The van der Waals surface area contributed by atoms with Gasteiger partial charge in [-0.15, -0.1) is 11.8 Å². The van der Waals surface area contributed by atoms with Gasteiger partial charge in [-0.05, 0) is 5.92 Å². The highest BCUT2D eigenvalue weighted by Crippen LogP contribution is 2.23.